The zero-order chi connectivity index (χ0) is 42.4. The molecule has 342 valence electrons. The molecular weight excluding hydrogens is 719 g/mol. The van der Waals surface area contributed by atoms with E-state index in [2.05, 4.69) is 50.4 Å². The highest BCUT2D eigenvalue weighted by Crippen LogP contribution is 2.18. The zero-order valence-corrected chi connectivity index (χ0v) is 38.9. The fourth-order valence-electron chi connectivity index (χ4n) is 7.89. The molecular formula is C52H99NO5. The van der Waals surface area contributed by atoms with Crippen LogP contribution in [-0.2, 0) is 14.3 Å². The summed E-state index contributed by atoms with van der Waals surface area (Å²) in [7, 11) is 0. The minimum atomic E-state index is -0.784. The maximum absolute atomic E-state index is 13.2. The Morgan fingerprint density at radius 2 is 0.862 bits per heavy atom. The van der Waals surface area contributed by atoms with Gasteiger partial charge in [-0.05, 0) is 51.4 Å². The summed E-state index contributed by atoms with van der Waals surface area (Å²) in [4.78, 5) is 26.1. The Morgan fingerprint density at radius 3 is 1.31 bits per heavy atom. The lowest BCUT2D eigenvalue weighted by atomic mass is 10.0. The second-order valence-corrected chi connectivity index (χ2v) is 17.6. The van der Waals surface area contributed by atoms with E-state index in [4.69, 9.17) is 4.74 Å². The van der Waals surface area contributed by atoms with Crippen LogP contribution in [0.15, 0.2) is 24.3 Å². The van der Waals surface area contributed by atoms with Crippen LogP contribution in [0.1, 0.15) is 271 Å². The van der Waals surface area contributed by atoms with E-state index in [-0.39, 0.29) is 24.9 Å². The van der Waals surface area contributed by atoms with Gasteiger partial charge in [0.1, 0.15) is 6.10 Å². The van der Waals surface area contributed by atoms with Gasteiger partial charge in [0.05, 0.1) is 25.2 Å². The normalized spacial score (nSPS) is 13.4. The van der Waals surface area contributed by atoms with E-state index >= 15 is 0 Å². The third-order valence-electron chi connectivity index (χ3n) is 11.8. The Bertz CT molecular complexity index is 919. The number of aliphatic hydroxyl groups excluding tert-OH is 2. The van der Waals surface area contributed by atoms with E-state index in [1.165, 1.54) is 173 Å². The number of amides is 1. The van der Waals surface area contributed by atoms with Gasteiger partial charge in [0.15, 0.2) is 0 Å². The number of unbranched alkanes of at least 4 members (excludes halogenated alkanes) is 31. The average Bonchev–Trinajstić information content (AvgIpc) is 3.22. The van der Waals surface area contributed by atoms with Crippen molar-refractivity contribution in [1.29, 1.82) is 0 Å². The summed E-state index contributed by atoms with van der Waals surface area (Å²) in [5, 5.41) is 23.7. The average molecular weight is 818 g/mol. The first-order valence-electron chi connectivity index (χ1n) is 25.6. The van der Waals surface area contributed by atoms with Crippen molar-refractivity contribution in [3.8, 4) is 0 Å². The molecule has 0 aromatic rings. The molecule has 0 spiro atoms. The summed E-state index contributed by atoms with van der Waals surface area (Å²) < 4.78 is 5.93. The highest BCUT2D eigenvalue weighted by atomic mass is 16.5. The summed E-state index contributed by atoms with van der Waals surface area (Å²) in [6, 6.07) is -0.698. The molecule has 0 fully saturated rings. The van der Waals surface area contributed by atoms with Crippen LogP contribution >= 0.6 is 0 Å². The van der Waals surface area contributed by atoms with Gasteiger partial charge in [-0.3, -0.25) is 9.59 Å². The summed E-state index contributed by atoms with van der Waals surface area (Å²) in [6.07, 6.45) is 52.3. The monoisotopic (exact) mass is 818 g/mol. The molecule has 0 bridgehead atoms. The van der Waals surface area contributed by atoms with Crippen LogP contribution < -0.4 is 5.32 Å². The number of allylic oxidation sites excluding steroid dienone is 4. The molecule has 58 heavy (non-hydrogen) atoms. The molecule has 6 heteroatoms. The fraction of sp³-hybridized carbons (Fsp3) is 0.885. The first-order chi connectivity index (χ1) is 28.5. The Kier molecular flexibility index (Phi) is 45.1. The molecule has 0 aliphatic rings. The van der Waals surface area contributed by atoms with Crippen molar-refractivity contribution in [3.05, 3.63) is 24.3 Å². The van der Waals surface area contributed by atoms with Crippen molar-refractivity contribution in [3.63, 3.8) is 0 Å². The lowest BCUT2D eigenvalue weighted by Crippen LogP contribution is -2.46. The van der Waals surface area contributed by atoms with Crippen LogP contribution in [0.3, 0.4) is 0 Å². The standard InChI is InChI=1S/C52H99NO5/c1-4-7-10-13-16-19-22-24-26-28-30-33-36-39-42-45-52(57)58-48(43-40-37-34-31-29-27-25-23-20-17-14-11-8-5-2)46-51(56)53-49(47-54)50(55)44-41-38-35-32-21-18-15-12-9-6-3/h16,19,22,24,48-50,54-55H,4-15,17-18,20-21,23,25-47H2,1-3H3,(H,53,56)/b19-16+,24-22+. The number of nitrogens with one attached hydrogen (secondary N) is 1. The molecule has 0 saturated carbocycles. The molecule has 3 N–H and O–H groups in total. The van der Waals surface area contributed by atoms with Gasteiger partial charge >= 0.3 is 5.97 Å². The summed E-state index contributed by atoms with van der Waals surface area (Å²) in [5.74, 6) is -0.474. The van der Waals surface area contributed by atoms with Crippen LogP contribution in [0, 0.1) is 0 Å². The lowest BCUT2D eigenvalue weighted by Gasteiger charge is -2.24. The van der Waals surface area contributed by atoms with E-state index in [0.29, 0.717) is 19.3 Å². The third kappa shape index (κ3) is 41.1. The molecule has 0 aliphatic carbocycles. The predicted molar refractivity (Wildman–Crippen MR) is 250 cm³/mol. The van der Waals surface area contributed by atoms with Crippen LogP contribution in [0.5, 0.6) is 0 Å². The second kappa shape index (κ2) is 46.4. The molecule has 0 aromatic carbocycles. The van der Waals surface area contributed by atoms with Gasteiger partial charge in [0.2, 0.25) is 5.91 Å². The molecule has 3 unspecified atom stereocenters. The van der Waals surface area contributed by atoms with Crippen LogP contribution in [-0.4, -0.2) is 46.9 Å². The molecule has 0 heterocycles. The Labute approximate surface area is 361 Å². The summed E-state index contributed by atoms with van der Waals surface area (Å²) in [6.45, 7) is 6.45. The SMILES string of the molecule is CCCCC/C=C/C=C/CCCCCCCCC(=O)OC(CCCCCCCCCCCCCCCC)CC(=O)NC(CO)C(O)CCCCCCCCCCCC. The Balaban J connectivity index is 4.57. The minimum Gasteiger partial charge on any atom is -0.462 e. The number of ether oxygens (including phenoxy) is 1. The topological polar surface area (TPSA) is 95.9 Å². The number of carbonyl (C=O) groups is 2. The number of rotatable bonds is 46. The van der Waals surface area contributed by atoms with Crippen LogP contribution in [0.2, 0.25) is 0 Å². The van der Waals surface area contributed by atoms with Crippen molar-refractivity contribution in [2.75, 3.05) is 6.61 Å². The summed E-state index contributed by atoms with van der Waals surface area (Å²) in [5.41, 5.74) is 0. The quantitative estimate of drug-likeness (QED) is 0.0323. The van der Waals surface area contributed by atoms with Gasteiger partial charge in [-0.15, -0.1) is 0 Å². The second-order valence-electron chi connectivity index (χ2n) is 17.6. The van der Waals surface area contributed by atoms with Gasteiger partial charge in [0.25, 0.3) is 0 Å². The molecule has 1 amide bonds. The first kappa shape index (κ1) is 56.3. The fourth-order valence-corrected chi connectivity index (χ4v) is 7.89. The highest BCUT2D eigenvalue weighted by molar-refractivity contribution is 5.77. The number of carbonyl (C=O) groups excluding carboxylic acids is 2. The van der Waals surface area contributed by atoms with E-state index in [9.17, 15) is 19.8 Å². The number of hydrogen-bond donors (Lipinski definition) is 3. The van der Waals surface area contributed by atoms with E-state index in [1.54, 1.807) is 0 Å². The van der Waals surface area contributed by atoms with E-state index < -0.39 is 18.2 Å². The largest absolute Gasteiger partial charge is 0.462 e. The van der Waals surface area contributed by atoms with Gasteiger partial charge in [-0.25, -0.2) is 0 Å². The molecule has 0 radical (unpaired) electrons. The predicted octanol–water partition coefficient (Wildman–Crippen LogP) is 15.1. The molecule has 0 aromatic heterocycles. The molecule has 0 aliphatic heterocycles. The lowest BCUT2D eigenvalue weighted by molar-refractivity contribution is -0.151. The number of aliphatic hydroxyl groups is 2. The van der Waals surface area contributed by atoms with Gasteiger partial charge in [-0.1, -0.05) is 231 Å². The molecule has 3 atom stereocenters. The smallest absolute Gasteiger partial charge is 0.306 e. The molecule has 6 nitrogen and oxygen atoms in total. The van der Waals surface area contributed by atoms with Crippen molar-refractivity contribution < 1.29 is 24.5 Å². The zero-order valence-electron chi connectivity index (χ0n) is 38.9. The third-order valence-corrected chi connectivity index (χ3v) is 11.8. The van der Waals surface area contributed by atoms with Crippen molar-refractivity contribution in [2.45, 2.75) is 289 Å². The van der Waals surface area contributed by atoms with Gasteiger partial charge < -0.3 is 20.3 Å². The molecule has 0 saturated heterocycles. The molecule has 0 rings (SSSR count). The van der Waals surface area contributed by atoms with E-state index in [1.807, 2.05) is 0 Å². The number of hydrogen-bond acceptors (Lipinski definition) is 5. The highest BCUT2D eigenvalue weighted by Gasteiger charge is 2.24. The first-order valence-corrected chi connectivity index (χ1v) is 25.6. The van der Waals surface area contributed by atoms with Crippen molar-refractivity contribution in [2.24, 2.45) is 0 Å². The van der Waals surface area contributed by atoms with E-state index in [0.717, 1.165) is 51.4 Å². The van der Waals surface area contributed by atoms with Gasteiger partial charge in [0, 0.05) is 6.42 Å². The van der Waals surface area contributed by atoms with Crippen LogP contribution in [0.25, 0.3) is 0 Å². The van der Waals surface area contributed by atoms with Gasteiger partial charge in [-0.2, -0.15) is 0 Å². The Morgan fingerprint density at radius 1 is 0.500 bits per heavy atom. The maximum Gasteiger partial charge on any atom is 0.306 e. The summed E-state index contributed by atoms with van der Waals surface area (Å²) >= 11 is 0. The van der Waals surface area contributed by atoms with Crippen molar-refractivity contribution >= 4 is 11.9 Å². The maximum atomic E-state index is 13.2. The number of esters is 1. The van der Waals surface area contributed by atoms with Crippen molar-refractivity contribution in [1.82, 2.24) is 5.32 Å². The van der Waals surface area contributed by atoms with Crippen LogP contribution in [0.4, 0.5) is 0 Å². The Hall–Kier alpha value is -1.66. The minimum absolute atomic E-state index is 0.0781.